The molecule has 2 aromatic rings. The smallest absolute Gasteiger partial charge is 0.244 e. The van der Waals surface area contributed by atoms with Crippen LogP contribution in [0.3, 0.4) is 0 Å². The van der Waals surface area contributed by atoms with E-state index in [9.17, 15) is 18.0 Å². The van der Waals surface area contributed by atoms with Crippen molar-refractivity contribution >= 4 is 50.7 Å². The highest BCUT2D eigenvalue weighted by Crippen LogP contribution is 2.26. The number of halogens is 2. The van der Waals surface area contributed by atoms with Crippen molar-refractivity contribution in [3.05, 3.63) is 58.1 Å². The van der Waals surface area contributed by atoms with E-state index in [0.717, 1.165) is 42.7 Å². The van der Waals surface area contributed by atoms with E-state index in [1.807, 2.05) is 6.92 Å². The lowest BCUT2D eigenvalue weighted by Crippen LogP contribution is -2.54. The van der Waals surface area contributed by atoms with Crippen molar-refractivity contribution in [1.82, 2.24) is 10.2 Å². The van der Waals surface area contributed by atoms with Gasteiger partial charge in [0.15, 0.2) is 0 Å². The molecule has 38 heavy (non-hydrogen) atoms. The number of hydrogen-bond acceptors (Lipinski definition) is 5. The average molecular weight is 585 g/mol. The van der Waals surface area contributed by atoms with Gasteiger partial charge in [-0.05, 0) is 49.1 Å². The molecule has 208 valence electrons. The molecule has 1 aliphatic rings. The predicted octanol–water partition coefficient (Wildman–Crippen LogP) is 5.02. The topological polar surface area (TPSA) is 96.0 Å². The first-order valence-corrected chi connectivity index (χ1v) is 15.3. The van der Waals surface area contributed by atoms with Gasteiger partial charge in [0, 0.05) is 28.7 Å². The lowest BCUT2D eigenvalue weighted by molar-refractivity contribution is -0.140. The average Bonchev–Trinajstić information content (AvgIpc) is 2.88. The number of sulfonamides is 1. The molecule has 0 aliphatic heterocycles. The molecule has 0 heterocycles. The molecule has 0 bridgehead atoms. The Bertz CT molecular complexity index is 1230. The molecule has 1 aliphatic carbocycles. The van der Waals surface area contributed by atoms with E-state index in [4.69, 9.17) is 27.9 Å². The third-order valence-corrected chi connectivity index (χ3v) is 8.44. The van der Waals surface area contributed by atoms with Gasteiger partial charge in [-0.25, -0.2) is 8.42 Å². The number of nitrogens with one attached hydrogen (secondary N) is 1. The molecule has 0 saturated heterocycles. The van der Waals surface area contributed by atoms with Crippen LogP contribution in [0.5, 0.6) is 5.75 Å². The van der Waals surface area contributed by atoms with Gasteiger partial charge in [0.2, 0.25) is 21.8 Å². The maximum absolute atomic E-state index is 13.8. The molecule has 2 aromatic carbocycles. The second kappa shape index (κ2) is 13.5. The van der Waals surface area contributed by atoms with Crippen molar-refractivity contribution in [3.8, 4) is 5.75 Å². The standard InChI is InChI=1S/C27H35Cl2N3O5S/c1-4-25(27(34)30-21-9-6-5-7-10-21)31(17-19-13-14-20(28)15-24(19)29)26(33)18-32(38(3,35)36)22-11-8-12-23(16-22)37-2/h8,11-16,21,25H,4-7,9-10,17-18H2,1-3H3,(H,30,34)/t25-/m1/s1. The van der Waals surface area contributed by atoms with Gasteiger partial charge in [0.1, 0.15) is 18.3 Å². The molecule has 1 N–H and O–H groups in total. The van der Waals surface area contributed by atoms with Crippen LogP contribution in [-0.2, 0) is 26.2 Å². The number of anilines is 1. The summed E-state index contributed by atoms with van der Waals surface area (Å²) in [6.07, 6.45) is 6.42. The van der Waals surface area contributed by atoms with Crippen molar-refractivity contribution in [3.63, 3.8) is 0 Å². The first-order valence-electron chi connectivity index (χ1n) is 12.7. The number of nitrogens with zero attached hydrogens (tertiary/aromatic N) is 2. The minimum Gasteiger partial charge on any atom is -0.497 e. The summed E-state index contributed by atoms with van der Waals surface area (Å²) >= 11 is 12.5. The molecule has 0 spiro atoms. The van der Waals surface area contributed by atoms with E-state index in [1.54, 1.807) is 42.5 Å². The van der Waals surface area contributed by atoms with Gasteiger partial charge >= 0.3 is 0 Å². The van der Waals surface area contributed by atoms with Crippen LogP contribution in [0.4, 0.5) is 5.69 Å². The van der Waals surface area contributed by atoms with Gasteiger partial charge in [-0.1, -0.05) is 61.5 Å². The lowest BCUT2D eigenvalue weighted by atomic mass is 9.95. The molecule has 1 fully saturated rings. The molecular weight excluding hydrogens is 549 g/mol. The van der Waals surface area contributed by atoms with Crippen molar-refractivity contribution in [2.45, 2.75) is 64.1 Å². The van der Waals surface area contributed by atoms with E-state index in [2.05, 4.69) is 5.32 Å². The molecule has 0 aromatic heterocycles. The van der Waals surface area contributed by atoms with Crippen LogP contribution < -0.4 is 14.4 Å². The van der Waals surface area contributed by atoms with Crippen LogP contribution in [-0.4, -0.2) is 57.1 Å². The predicted molar refractivity (Wildman–Crippen MR) is 151 cm³/mol. The summed E-state index contributed by atoms with van der Waals surface area (Å²) in [5.41, 5.74) is 0.880. The van der Waals surface area contributed by atoms with E-state index >= 15 is 0 Å². The fourth-order valence-corrected chi connectivity index (χ4v) is 5.99. The Morgan fingerprint density at radius 1 is 1.11 bits per heavy atom. The van der Waals surface area contributed by atoms with Crippen LogP contribution in [0.15, 0.2) is 42.5 Å². The summed E-state index contributed by atoms with van der Waals surface area (Å²) < 4.78 is 31.8. The molecule has 1 atom stereocenters. The van der Waals surface area contributed by atoms with Gasteiger partial charge in [0.05, 0.1) is 19.1 Å². The van der Waals surface area contributed by atoms with Gasteiger partial charge in [-0.15, -0.1) is 0 Å². The highest BCUT2D eigenvalue weighted by molar-refractivity contribution is 7.92. The monoisotopic (exact) mass is 583 g/mol. The summed E-state index contributed by atoms with van der Waals surface area (Å²) in [4.78, 5) is 28.7. The van der Waals surface area contributed by atoms with E-state index < -0.39 is 28.5 Å². The third-order valence-electron chi connectivity index (χ3n) is 6.71. The zero-order valence-corrected chi connectivity index (χ0v) is 24.3. The Kier molecular flexibility index (Phi) is 10.7. The maximum atomic E-state index is 13.8. The number of methoxy groups -OCH3 is 1. The van der Waals surface area contributed by atoms with Crippen LogP contribution >= 0.6 is 23.2 Å². The van der Waals surface area contributed by atoms with Crippen molar-refractivity contribution in [1.29, 1.82) is 0 Å². The summed E-state index contributed by atoms with van der Waals surface area (Å²) in [6.45, 7) is 1.34. The molecule has 0 unspecified atom stereocenters. The summed E-state index contributed by atoms with van der Waals surface area (Å²) in [6, 6.07) is 10.6. The second-order valence-corrected chi connectivity index (χ2v) is 12.2. The first kappa shape index (κ1) is 30.1. The number of rotatable bonds is 11. The van der Waals surface area contributed by atoms with Gasteiger partial charge < -0.3 is 15.0 Å². The first-order chi connectivity index (χ1) is 18.0. The number of benzene rings is 2. The largest absolute Gasteiger partial charge is 0.497 e. The van der Waals surface area contributed by atoms with Crippen LogP contribution in [0.2, 0.25) is 10.0 Å². The quantitative estimate of drug-likeness (QED) is 0.400. The summed E-state index contributed by atoms with van der Waals surface area (Å²) in [5, 5.41) is 3.91. The van der Waals surface area contributed by atoms with E-state index in [0.29, 0.717) is 27.8 Å². The number of carbonyl (C=O) groups excluding carboxylic acids is 2. The molecule has 1 saturated carbocycles. The number of carbonyl (C=O) groups is 2. The fourth-order valence-electron chi connectivity index (χ4n) is 4.68. The third kappa shape index (κ3) is 8.01. The van der Waals surface area contributed by atoms with Crippen molar-refractivity contribution in [2.75, 3.05) is 24.2 Å². The van der Waals surface area contributed by atoms with Crippen molar-refractivity contribution in [2.24, 2.45) is 0 Å². The minimum absolute atomic E-state index is 0.0150. The highest BCUT2D eigenvalue weighted by Gasteiger charge is 2.33. The number of ether oxygens (including phenoxy) is 1. The maximum Gasteiger partial charge on any atom is 0.244 e. The Morgan fingerprint density at radius 3 is 2.42 bits per heavy atom. The molecule has 11 heteroatoms. The zero-order chi connectivity index (χ0) is 27.9. The SMILES string of the molecule is CC[C@H](C(=O)NC1CCCCC1)N(Cc1ccc(Cl)cc1Cl)C(=O)CN(c1cccc(OC)c1)S(C)(=O)=O. The highest BCUT2D eigenvalue weighted by atomic mass is 35.5. The van der Waals surface area contributed by atoms with Crippen molar-refractivity contribution < 1.29 is 22.7 Å². The van der Waals surface area contributed by atoms with E-state index in [-0.39, 0.29) is 24.2 Å². The zero-order valence-electron chi connectivity index (χ0n) is 22.0. The van der Waals surface area contributed by atoms with Crippen LogP contribution in [0.1, 0.15) is 51.0 Å². The van der Waals surface area contributed by atoms with Gasteiger partial charge in [-0.2, -0.15) is 0 Å². The minimum atomic E-state index is -3.85. The Balaban J connectivity index is 1.95. The number of amides is 2. The van der Waals surface area contributed by atoms with Crippen LogP contribution in [0, 0.1) is 0 Å². The summed E-state index contributed by atoms with van der Waals surface area (Å²) in [7, 11) is -2.37. The molecular formula is C27H35Cl2N3O5S. The van der Waals surface area contributed by atoms with Gasteiger partial charge in [-0.3, -0.25) is 13.9 Å². The Labute approximate surface area is 235 Å². The number of hydrogen-bond donors (Lipinski definition) is 1. The van der Waals surface area contributed by atoms with E-state index in [1.165, 1.54) is 12.0 Å². The van der Waals surface area contributed by atoms with Gasteiger partial charge in [0.25, 0.3) is 0 Å². The molecule has 8 nitrogen and oxygen atoms in total. The Hall–Kier alpha value is -2.49. The lowest BCUT2D eigenvalue weighted by Gasteiger charge is -2.34. The Morgan fingerprint density at radius 2 is 1.82 bits per heavy atom. The second-order valence-electron chi connectivity index (χ2n) is 9.50. The fraction of sp³-hybridized carbons (Fsp3) is 0.481. The molecule has 2 amide bonds. The van der Waals surface area contributed by atoms with Crippen LogP contribution in [0.25, 0.3) is 0 Å². The summed E-state index contributed by atoms with van der Waals surface area (Å²) in [5.74, 6) is -0.341. The normalized spacial score (nSPS) is 15.0. The molecule has 3 rings (SSSR count). The molecule has 0 radical (unpaired) electrons.